The summed E-state index contributed by atoms with van der Waals surface area (Å²) in [5.74, 6) is 0.784. The van der Waals surface area contributed by atoms with Gasteiger partial charge in [0.1, 0.15) is 5.69 Å². The van der Waals surface area contributed by atoms with E-state index in [-0.39, 0.29) is 23.8 Å². The van der Waals surface area contributed by atoms with E-state index in [0.717, 1.165) is 57.7 Å². The number of hydrogen-bond acceptors (Lipinski definition) is 6. The van der Waals surface area contributed by atoms with Crippen molar-refractivity contribution in [1.82, 2.24) is 25.8 Å². The minimum absolute atomic E-state index is 0.159. The number of pyridine rings is 1. The molecule has 31 heavy (non-hydrogen) atoms. The van der Waals surface area contributed by atoms with Crippen molar-refractivity contribution in [1.29, 1.82) is 0 Å². The van der Waals surface area contributed by atoms with E-state index in [1.165, 1.54) is 0 Å². The first-order valence-electron chi connectivity index (χ1n) is 11.7. The van der Waals surface area contributed by atoms with E-state index >= 15 is 0 Å². The Bertz CT molecular complexity index is 777. The third kappa shape index (κ3) is 4.70. The predicted molar refractivity (Wildman–Crippen MR) is 121 cm³/mol. The van der Waals surface area contributed by atoms with Gasteiger partial charge in [-0.15, -0.1) is 0 Å². The number of aromatic nitrogens is 1. The Morgan fingerprint density at radius 2 is 2.00 bits per heavy atom. The van der Waals surface area contributed by atoms with Crippen LogP contribution in [0, 0.1) is 11.8 Å². The third-order valence-electron chi connectivity index (χ3n) is 7.56. The molecule has 0 aliphatic carbocycles. The van der Waals surface area contributed by atoms with Crippen molar-refractivity contribution in [3.8, 4) is 0 Å². The molecule has 4 rings (SSSR count). The lowest BCUT2D eigenvalue weighted by Crippen LogP contribution is -2.64. The Labute approximate surface area is 185 Å². The van der Waals surface area contributed by atoms with Gasteiger partial charge in [-0.1, -0.05) is 6.92 Å². The van der Waals surface area contributed by atoms with E-state index in [0.29, 0.717) is 23.7 Å². The van der Waals surface area contributed by atoms with Gasteiger partial charge in [0.2, 0.25) is 5.91 Å². The standard InChI is InChI=1S/C23H36N6O2/c1-4-16-11-20-21(27-22(16)30)12-17(13-25-20)15(2)28-7-9-29(10-8-28)18-5-6-19(26-14-18)23(31)24-3/h5-6,14-17,20-21,25H,4,7-13H2,1-3H3,(H,24,31)(H,27,30)/t15-,16?,17?,20?,21?/m1/s1. The molecule has 5 atom stereocenters. The summed E-state index contributed by atoms with van der Waals surface area (Å²) >= 11 is 0. The third-order valence-corrected chi connectivity index (χ3v) is 7.56. The van der Waals surface area contributed by atoms with E-state index in [4.69, 9.17) is 0 Å². The van der Waals surface area contributed by atoms with Crippen molar-refractivity contribution >= 4 is 17.5 Å². The smallest absolute Gasteiger partial charge is 0.269 e. The minimum Gasteiger partial charge on any atom is -0.368 e. The topological polar surface area (TPSA) is 89.6 Å². The van der Waals surface area contributed by atoms with Gasteiger partial charge in [0.15, 0.2) is 0 Å². The normalized spacial score (nSPS) is 30.3. The van der Waals surface area contributed by atoms with Crippen LogP contribution in [0.2, 0.25) is 0 Å². The molecule has 1 aromatic heterocycles. The second-order valence-electron chi connectivity index (χ2n) is 9.21. The SMILES string of the molecule is CCC1CC2NCC([C@@H](C)N3CCN(c4ccc(C(=O)NC)nc4)CC3)CC2NC1=O. The number of carbonyl (C=O) groups is 2. The molecular weight excluding hydrogens is 392 g/mol. The number of piperidine rings is 2. The van der Waals surface area contributed by atoms with Gasteiger partial charge in [0.05, 0.1) is 11.9 Å². The van der Waals surface area contributed by atoms with Crippen molar-refractivity contribution in [2.24, 2.45) is 11.8 Å². The van der Waals surface area contributed by atoms with Gasteiger partial charge >= 0.3 is 0 Å². The summed E-state index contributed by atoms with van der Waals surface area (Å²) in [5.41, 5.74) is 1.51. The molecule has 0 radical (unpaired) electrons. The first kappa shape index (κ1) is 22.0. The van der Waals surface area contributed by atoms with E-state index in [1.54, 1.807) is 19.3 Å². The molecule has 0 bridgehead atoms. The van der Waals surface area contributed by atoms with E-state index < -0.39 is 0 Å². The van der Waals surface area contributed by atoms with Gasteiger partial charge in [-0.05, 0) is 50.8 Å². The summed E-state index contributed by atoms with van der Waals surface area (Å²) in [7, 11) is 1.62. The largest absolute Gasteiger partial charge is 0.368 e. The number of hydrogen-bond donors (Lipinski definition) is 3. The predicted octanol–water partition coefficient (Wildman–Crippen LogP) is 0.845. The molecule has 1 aromatic rings. The average Bonchev–Trinajstić information content (AvgIpc) is 2.82. The number of nitrogens with zero attached hydrogens (tertiary/aromatic N) is 3. The van der Waals surface area contributed by atoms with Crippen molar-refractivity contribution in [2.45, 2.75) is 51.2 Å². The molecule has 3 aliphatic rings. The molecule has 4 heterocycles. The molecule has 0 spiro atoms. The van der Waals surface area contributed by atoms with Crippen LogP contribution >= 0.6 is 0 Å². The molecule has 0 saturated carbocycles. The maximum atomic E-state index is 12.3. The Balaban J connectivity index is 1.29. The molecular formula is C23H36N6O2. The second kappa shape index (κ2) is 9.53. The highest BCUT2D eigenvalue weighted by Crippen LogP contribution is 2.29. The van der Waals surface area contributed by atoms with Gasteiger partial charge < -0.3 is 20.9 Å². The van der Waals surface area contributed by atoms with Crippen LogP contribution in [0.15, 0.2) is 18.3 Å². The fraction of sp³-hybridized carbons (Fsp3) is 0.696. The minimum atomic E-state index is -0.159. The van der Waals surface area contributed by atoms with E-state index in [1.807, 2.05) is 6.07 Å². The summed E-state index contributed by atoms with van der Waals surface area (Å²) in [6.07, 6.45) is 4.75. The highest BCUT2D eigenvalue weighted by atomic mass is 16.2. The molecule has 2 amide bonds. The molecule has 3 aliphatic heterocycles. The summed E-state index contributed by atoms with van der Waals surface area (Å²) in [6.45, 7) is 9.38. The monoisotopic (exact) mass is 428 g/mol. The second-order valence-corrected chi connectivity index (χ2v) is 9.21. The van der Waals surface area contributed by atoms with E-state index in [9.17, 15) is 9.59 Å². The maximum absolute atomic E-state index is 12.3. The quantitative estimate of drug-likeness (QED) is 0.644. The van der Waals surface area contributed by atoms with Gasteiger partial charge in [0, 0.05) is 57.3 Å². The lowest BCUT2D eigenvalue weighted by Gasteiger charge is -2.47. The fourth-order valence-corrected chi connectivity index (χ4v) is 5.38. The zero-order valence-corrected chi connectivity index (χ0v) is 18.9. The molecule has 8 heteroatoms. The number of amides is 2. The number of piperazine rings is 1. The van der Waals surface area contributed by atoms with Crippen molar-refractivity contribution in [3.63, 3.8) is 0 Å². The van der Waals surface area contributed by atoms with Crippen LogP contribution in [-0.4, -0.2) is 79.6 Å². The zero-order chi connectivity index (χ0) is 22.0. The number of fused-ring (bicyclic) bond motifs is 1. The van der Waals surface area contributed by atoms with Gasteiger partial charge in [-0.3, -0.25) is 14.5 Å². The van der Waals surface area contributed by atoms with Gasteiger partial charge in [-0.25, -0.2) is 4.98 Å². The maximum Gasteiger partial charge on any atom is 0.269 e. The van der Waals surface area contributed by atoms with Crippen LogP contribution in [0.5, 0.6) is 0 Å². The molecule has 4 unspecified atom stereocenters. The fourth-order valence-electron chi connectivity index (χ4n) is 5.38. The zero-order valence-electron chi connectivity index (χ0n) is 18.9. The van der Waals surface area contributed by atoms with Gasteiger partial charge in [0.25, 0.3) is 5.91 Å². The molecule has 170 valence electrons. The Hall–Kier alpha value is -2.19. The van der Waals surface area contributed by atoms with Crippen LogP contribution in [0.1, 0.15) is 43.6 Å². The number of anilines is 1. The van der Waals surface area contributed by atoms with Crippen LogP contribution in [0.25, 0.3) is 0 Å². The first-order valence-corrected chi connectivity index (χ1v) is 11.7. The Morgan fingerprint density at radius 1 is 1.23 bits per heavy atom. The molecule has 3 N–H and O–H groups in total. The van der Waals surface area contributed by atoms with Crippen LogP contribution in [-0.2, 0) is 4.79 Å². The summed E-state index contributed by atoms with van der Waals surface area (Å²) in [6, 6.07) is 4.94. The highest BCUT2D eigenvalue weighted by Gasteiger charge is 2.40. The Kier molecular flexibility index (Phi) is 6.77. The highest BCUT2D eigenvalue weighted by molar-refractivity contribution is 5.92. The molecule has 3 fully saturated rings. The van der Waals surface area contributed by atoms with Crippen LogP contribution in [0.4, 0.5) is 5.69 Å². The molecule has 3 saturated heterocycles. The number of rotatable bonds is 5. The van der Waals surface area contributed by atoms with Gasteiger partial charge in [-0.2, -0.15) is 0 Å². The Morgan fingerprint density at radius 3 is 2.65 bits per heavy atom. The van der Waals surface area contributed by atoms with Crippen molar-refractivity contribution in [2.75, 3.05) is 44.7 Å². The van der Waals surface area contributed by atoms with Crippen molar-refractivity contribution in [3.05, 3.63) is 24.0 Å². The van der Waals surface area contributed by atoms with Crippen LogP contribution in [0.3, 0.4) is 0 Å². The van der Waals surface area contributed by atoms with Crippen molar-refractivity contribution < 1.29 is 9.59 Å². The molecule has 8 nitrogen and oxygen atoms in total. The average molecular weight is 429 g/mol. The van der Waals surface area contributed by atoms with Crippen LogP contribution < -0.4 is 20.9 Å². The molecule has 0 aromatic carbocycles. The lowest BCUT2D eigenvalue weighted by atomic mass is 9.78. The lowest BCUT2D eigenvalue weighted by molar-refractivity contribution is -0.129. The number of nitrogens with one attached hydrogen (secondary N) is 3. The summed E-state index contributed by atoms with van der Waals surface area (Å²) in [5, 5.41) is 9.63. The number of carbonyl (C=O) groups excluding carboxylic acids is 2. The summed E-state index contributed by atoms with van der Waals surface area (Å²) in [4.78, 5) is 33.2. The van der Waals surface area contributed by atoms with E-state index in [2.05, 4.69) is 44.6 Å². The summed E-state index contributed by atoms with van der Waals surface area (Å²) < 4.78 is 0. The first-order chi connectivity index (χ1) is 15.0.